The van der Waals surface area contributed by atoms with Crippen molar-refractivity contribution < 1.29 is 24.5 Å². The van der Waals surface area contributed by atoms with E-state index in [1.165, 1.54) is 0 Å². The Labute approximate surface area is 115 Å². The Balaban J connectivity index is 2.42. The van der Waals surface area contributed by atoms with Crippen LogP contribution in [0.4, 0.5) is 0 Å². The highest BCUT2D eigenvalue weighted by atomic mass is 16.4. The molecule has 0 radical (unpaired) electrons. The molecule has 1 heterocycles. The van der Waals surface area contributed by atoms with E-state index in [1.54, 1.807) is 0 Å². The third-order valence-corrected chi connectivity index (χ3v) is 2.91. The van der Waals surface area contributed by atoms with Crippen LogP contribution >= 0.6 is 0 Å². The van der Waals surface area contributed by atoms with Crippen LogP contribution < -0.4 is 32.2 Å². The van der Waals surface area contributed by atoms with Gasteiger partial charge in [0.05, 0.1) is 18.6 Å². The molecule has 0 aromatic carbocycles. The highest BCUT2D eigenvalue weighted by molar-refractivity contribution is 5.92. The number of carbonyl (C=O) groups is 3. The maximum Gasteiger partial charge on any atom is 0.338 e. The average Bonchev–Trinajstić information content (AvgIpc) is 2.79. The molecule has 9 nitrogen and oxygen atoms in total. The molecule has 0 aromatic rings. The number of hydrogen-bond acceptors (Lipinski definition) is 4. The molecule has 2 atom stereocenters. The van der Waals surface area contributed by atoms with Crippen molar-refractivity contribution in [2.24, 2.45) is 11.5 Å². The molecule has 0 unspecified atom stereocenters. The van der Waals surface area contributed by atoms with Gasteiger partial charge in [-0.05, 0) is 19.3 Å². The summed E-state index contributed by atoms with van der Waals surface area (Å²) in [6.45, 7) is 0.391. The third-order valence-electron chi connectivity index (χ3n) is 2.91. The number of hydrogen-bond donors (Lipinski definition) is 5. The lowest BCUT2D eigenvalue weighted by Gasteiger charge is -2.21. The maximum absolute atomic E-state index is 11.8. The predicted octanol–water partition coefficient (Wildman–Crippen LogP) is -5.37. The molecule has 1 aliphatic heterocycles. The van der Waals surface area contributed by atoms with Crippen molar-refractivity contribution >= 4 is 23.7 Å². The maximum atomic E-state index is 11.8. The summed E-state index contributed by atoms with van der Waals surface area (Å²) in [5.74, 6) is -2.05. The molecule has 9 heteroatoms. The SMILES string of the molecule is NC(N)=[NH+]CCC[C@H](NC(=O)[C@H]1CCC(=O)N1)C(=O)[O-]. The summed E-state index contributed by atoms with van der Waals surface area (Å²) < 4.78 is 0. The van der Waals surface area contributed by atoms with E-state index in [0.29, 0.717) is 19.4 Å². The minimum absolute atomic E-state index is 0.0488. The number of aliphatic carboxylic acids is 1. The van der Waals surface area contributed by atoms with Crippen molar-refractivity contribution in [3.8, 4) is 0 Å². The summed E-state index contributed by atoms with van der Waals surface area (Å²) in [7, 11) is 0. The zero-order chi connectivity index (χ0) is 15.1. The fourth-order valence-electron chi connectivity index (χ4n) is 1.87. The smallest absolute Gasteiger partial charge is 0.338 e. The summed E-state index contributed by atoms with van der Waals surface area (Å²) in [5.41, 5.74) is 10.4. The van der Waals surface area contributed by atoms with E-state index in [0.717, 1.165) is 0 Å². The summed E-state index contributed by atoms with van der Waals surface area (Å²) in [5, 5.41) is 15.8. The zero-order valence-corrected chi connectivity index (χ0v) is 11.0. The van der Waals surface area contributed by atoms with Crippen molar-refractivity contribution in [2.45, 2.75) is 37.8 Å². The lowest BCUT2D eigenvalue weighted by atomic mass is 10.1. The zero-order valence-electron chi connectivity index (χ0n) is 11.0. The molecular weight excluding hydrogens is 266 g/mol. The highest BCUT2D eigenvalue weighted by Gasteiger charge is 2.28. The van der Waals surface area contributed by atoms with Gasteiger partial charge in [0, 0.05) is 6.42 Å². The Hall–Kier alpha value is -2.32. The molecule has 0 spiro atoms. The molecule has 112 valence electrons. The van der Waals surface area contributed by atoms with Crippen molar-refractivity contribution in [3.05, 3.63) is 0 Å². The van der Waals surface area contributed by atoms with Crippen molar-refractivity contribution in [2.75, 3.05) is 6.54 Å². The second-order valence-corrected chi connectivity index (χ2v) is 4.56. The summed E-state index contributed by atoms with van der Waals surface area (Å²) >= 11 is 0. The molecule has 0 bridgehead atoms. The van der Waals surface area contributed by atoms with Crippen molar-refractivity contribution in [1.29, 1.82) is 0 Å². The second-order valence-electron chi connectivity index (χ2n) is 4.56. The Bertz CT molecular complexity index is 419. The van der Waals surface area contributed by atoms with E-state index in [1.807, 2.05) is 0 Å². The molecule has 2 amide bonds. The second kappa shape index (κ2) is 7.31. The molecule has 1 rings (SSSR count). The van der Waals surface area contributed by atoms with Crippen LogP contribution in [0.25, 0.3) is 0 Å². The Morgan fingerprint density at radius 2 is 2.20 bits per heavy atom. The molecule has 1 fully saturated rings. The van der Waals surface area contributed by atoms with Crippen LogP contribution in [0, 0.1) is 0 Å². The van der Waals surface area contributed by atoms with Gasteiger partial charge in [-0.2, -0.15) is 0 Å². The summed E-state index contributed by atoms with van der Waals surface area (Å²) in [4.78, 5) is 36.4. The molecule has 1 saturated heterocycles. The topological polar surface area (TPSA) is 164 Å². The number of carbonyl (C=O) groups excluding carboxylic acids is 3. The predicted molar refractivity (Wildman–Crippen MR) is 66.5 cm³/mol. The van der Waals surface area contributed by atoms with Gasteiger partial charge in [0.25, 0.3) is 0 Å². The first-order valence-electron chi connectivity index (χ1n) is 6.32. The number of guanidine groups is 1. The third kappa shape index (κ3) is 5.12. The van der Waals surface area contributed by atoms with Crippen molar-refractivity contribution in [1.82, 2.24) is 10.6 Å². The molecule has 7 N–H and O–H groups in total. The van der Waals surface area contributed by atoms with Gasteiger partial charge >= 0.3 is 5.96 Å². The van der Waals surface area contributed by atoms with Gasteiger partial charge in [0.2, 0.25) is 11.8 Å². The van der Waals surface area contributed by atoms with Crippen LogP contribution in [-0.2, 0) is 14.4 Å². The normalized spacial score (nSPS) is 19.0. The van der Waals surface area contributed by atoms with Gasteiger partial charge in [-0.1, -0.05) is 0 Å². The Kier molecular flexibility index (Phi) is 5.75. The summed E-state index contributed by atoms with van der Waals surface area (Å²) in [6.07, 6.45) is 1.25. The first-order chi connectivity index (χ1) is 9.40. The van der Waals surface area contributed by atoms with Crippen LogP contribution in [0.2, 0.25) is 0 Å². The van der Waals surface area contributed by atoms with E-state index >= 15 is 0 Å². The standard InChI is InChI=1S/C11H19N5O4/c12-11(13)14-5-1-2-7(10(19)20)16-9(18)6-3-4-8(17)15-6/h6-7H,1-5H2,(H,15,17)(H,16,18)(H,19,20)(H4,12,13,14)/t6-,7+/m1/s1. The molecular formula is C11H19N5O4. The number of nitrogens with one attached hydrogen (secondary N) is 3. The van der Waals surface area contributed by atoms with Crippen molar-refractivity contribution in [3.63, 3.8) is 0 Å². The lowest BCUT2D eigenvalue weighted by molar-refractivity contribution is -0.459. The monoisotopic (exact) mass is 285 g/mol. The largest absolute Gasteiger partial charge is 0.548 e. The summed E-state index contributed by atoms with van der Waals surface area (Å²) in [6, 6.07) is -1.78. The molecule has 0 saturated carbocycles. The van der Waals surface area contributed by atoms with Gasteiger partial charge < -0.3 is 20.5 Å². The minimum atomic E-state index is -1.37. The molecule has 1 aliphatic rings. The van der Waals surface area contributed by atoms with Gasteiger partial charge in [-0.25, -0.2) is 0 Å². The van der Waals surface area contributed by atoms with E-state index in [9.17, 15) is 19.5 Å². The minimum Gasteiger partial charge on any atom is -0.548 e. The van der Waals surface area contributed by atoms with Crippen LogP contribution in [0.5, 0.6) is 0 Å². The fourth-order valence-corrected chi connectivity index (χ4v) is 1.87. The molecule has 20 heavy (non-hydrogen) atoms. The average molecular weight is 285 g/mol. The van der Waals surface area contributed by atoms with Gasteiger partial charge in [0.1, 0.15) is 6.04 Å². The first-order valence-corrected chi connectivity index (χ1v) is 6.32. The first kappa shape index (κ1) is 15.7. The van der Waals surface area contributed by atoms with Crippen LogP contribution in [0.1, 0.15) is 25.7 Å². The van der Waals surface area contributed by atoms with Gasteiger partial charge in [-0.3, -0.25) is 26.0 Å². The van der Waals surface area contributed by atoms with E-state index in [4.69, 9.17) is 11.5 Å². The molecule has 0 aliphatic carbocycles. The number of rotatable bonds is 7. The highest BCUT2D eigenvalue weighted by Crippen LogP contribution is 2.07. The van der Waals surface area contributed by atoms with E-state index in [2.05, 4.69) is 15.6 Å². The number of carboxylic acid groups (broad SMARTS) is 1. The quantitative estimate of drug-likeness (QED) is 0.178. The number of carboxylic acids is 1. The van der Waals surface area contributed by atoms with Gasteiger partial charge in [-0.15, -0.1) is 0 Å². The molecule has 0 aromatic heterocycles. The van der Waals surface area contributed by atoms with E-state index in [-0.39, 0.29) is 24.7 Å². The Morgan fingerprint density at radius 1 is 1.50 bits per heavy atom. The fraction of sp³-hybridized carbons (Fsp3) is 0.636. The number of amides is 2. The van der Waals surface area contributed by atoms with Crippen LogP contribution in [0.3, 0.4) is 0 Å². The lowest BCUT2D eigenvalue weighted by Crippen LogP contribution is -2.78. The van der Waals surface area contributed by atoms with Crippen LogP contribution in [-0.4, -0.2) is 42.4 Å². The Morgan fingerprint density at radius 3 is 2.70 bits per heavy atom. The number of nitrogens with two attached hydrogens (primary N) is 2. The van der Waals surface area contributed by atoms with Gasteiger partial charge in [0.15, 0.2) is 0 Å². The van der Waals surface area contributed by atoms with Crippen LogP contribution in [0.15, 0.2) is 0 Å². The van der Waals surface area contributed by atoms with E-state index < -0.39 is 24.0 Å².